The minimum atomic E-state index is -0.00967. The highest BCUT2D eigenvalue weighted by atomic mass is 35.5. The number of halogens is 1. The normalized spacial score (nSPS) is 12.2. The second-order valence-electron chi connectivity index (χ2n) is 3.40. The van der Waals surface area contributed by atoms with E-state index in [2.05, 4.69) is 5.32 Å². The van der Waals surface area contributed by atoms with Crippen molar-refractivity contribution in [1.82, 2.24) is 5.32 Å². The molecule has 0 aliphatic rings. The van der Waals surface area contributed by atoms with Gasteiger partial charge in [-0.1, -0.05) is 29.8 Å². The topological polar surface area (TPSA) is 29.1 Å². The Morgan fingerprint density at radius 2 is 2.14 bits per heavy atom. The van der Waals surface area contributed by atoms with Gasteiger partial charge >= 0.3 is 0 Å². The number of carbonyl (C=O) groups is 1. The maximum absolute atomic E-state index is 10.8. The van der Waals surface area contributed by atoms with Crippen LogP contribution in [-0.4, -0.2) is 11.9 Å². The Morgan fingerprint density at radius 3 is 2.71 bits per heavy atom. The molecule has 0 aromatic heterocycles. The zero-order valence-corrected chi connectivity index (χ0v) is 9.14. The van der Waals surface area contributed by atoms with Gasteiger partial charge in [-0.15, -0.1) is 0 Å². The van der Waals surface area contributed by atoms with Crippen LogP contribution in [0.1, 0.15) is 19.4 Å². The van der Waals surface area contributed by atoms with Gasteiger partial charge in [0.05, 0.1) is 0 Å². The smallest absolute Gasteiger partial charge is 0.217 e. The van der Waals surface area contributed by atoms with Gasteiger partial charge in [-0.3, -0.25) is 4.79 Å². The molecule has 0 fully saturated rings. The second kappa shape index (κ2) is 5.01. The molecule has 2 nitrogen and oxygen atoms in total. The molecule has 0 heterocycles. The number of carbonyl (C=O) groups excluding carboxylic acids is 1. The monoisotopic (exact) mass is 211 g/mol. The van der Waals surface area contributed by atoms with Crippen LogP contribution in [0.3, 0.4) is 0 Å². The van der Waals surface area contributed by atoms with Crippen LogP contribution in [0.5, 0.6) is 0 Å². The highest BCUT2D eigenvalue weighted by Crippen LogP contribution is 2.16. The molecule has 1 rings (SSSR count). The number of hydrogen-bond acceptors (Lipinski definition) is 1. The molecule has 3 heteroatoms. The quantitative estimate of drug-likeness (QED) is 0.818. The first-order valence-corrected chi connectivity index (χ1v) is 4.98. The van der Waals surface area contributed by atoms with E-state index in [4.69, 9.17) is 11.6 Å². The average molecular weight is 212 g/mol. The zero-order chi connectivity index (χ0) is 10.6. The van der Waals surface area contributed by atoms with Crippen molar-refractivity contribution in [2.24, 2.45) is 0 Å². The Kier molecular flexibility index (Phi) is 3.96. The lowest BCUT2D eigenvalue weighted by Crippen LogP contribution is -2.32. The van der Waals surface area contributed by atoms with Gasteiger partial charge < -0.3 is 5.32 Å². The Morgan fingerprint density at radius 1 is 1.50 bits per heavy atom. The maximum Gasteiger partial charge on any atom is 0.217 e. The van der Waals surface area contributed by atoms with Crippen molar-refractivity contribution in [1.29, 1.82) is 0 Å². The maximum atomic E-state index is 10.8. The molecule has 0 unspecified atom stereocenters. The number of rotatable bonds is 3. The van der Waals surface area contributed by atoms with Crippen LogP contribution in [0.25, 0.3) is 0 Å². The molecule has 0 saturated carbocycles. The molecule has 0 radical (unpaired) electrons. The molecule has 0 spiro atoms. The zero-order valence-electron chi connectivity index (χ0n) is 8.38. The predicted octanol–water partition coefficient (Wildman–Crippen LogP) is 2.41. The number of nitrogens with one attached hydrogen (secondary N) is 1. The van der Waals surface area contributed by atoms with Crippen LogP contribution >= 0.6 is 11.6 Å². The van der Waals surface area contributed by atoms with E-state index in [9.17, 15) is 4.79 Å². The van der Waals surface area contributed by atoms with Crippen molar-refractivity contribution in [2.75, 3.05) is 0 Å². The second-order valence-corrected chi connectivity index (χ2v) is 3.80. The summed E-state index contributed by atoms with van der Waals surface area (Å²) in [4.78, 5) is 10.8. The lowest BCUT2D eigenvalue weighted by atomic mass is 10.1. The summed E-state index contributed by atoms with van der Waals surface area (Å²) in [5.74, 6) is -0.00967. The fraction of sp³-hybridized carbons (Fsp3) is 0.364. The third-order valence-corrected chi connectivity index (χ3v) is 2.30. The number of amides is 1. The van der Waals surface area contributed by atoms with Gasteiger partial charge in [0.15, 0.2) is 0 Å². The predicted molar refractivity (Wildman–Crippen MR) is 58.4 cm³/mol. The summed E-state index contributed by atoms with van der Waals surface area (Å²) in [5.41, 5.74) is 1.07. The summed E-state index contributed by atoms with van der Waals surface area (Å²) < 4.78 is 0. The molecule has 0 aliphatic carbocycles. The van der Waals surface area contributed by atoms with Crippen molar-refractivity contribution < 1.29 is 4.79 Å². The average Bonchev–Trinajstić information content (AvgIpc) is 2.07. The van der Waals surface area contributed by atoms with Crippen LogP contribution in [0.2, 0.25) is 5.02 Å². The van der Waals surface area contributed by atoms with Gasteiger partial charge in [0.2, 0.25) is 5.91 Å². The highest BCUT2D eigenvalue weighted by molar-refractivity contribution is 6.31. The minimum absolute atomic E-state index is 0.00967. The fourth-order valence-corrected chi connectivity index (χ4v) is 1.60. The molecule has 0 bridgehead atoms. The van der Waals surface area contributed by atoms with Crippen LogP contribution in [0.4, 0.5) is 0 Å². The molecular formula is C11H14ClNO. The van der Waals surface area contributed by atoms with Crippen molar-refractivity contribution >= 4 is 17.5 Å². The summed E-state index contributed by atoms with van der Waals surface area (Å²) in [7, 11) is 0. The van der Waals surface area contributed by atoms with E-state index in [1.807, 2.05) is 31.2 Å². The number of benzene rings is 1. The standard InChI is InChI=1S/C11H14ClNO/c1-8(13-9(2)14)7-10-5-3-4-6-11(10)12/h3-6,8H,7H2,1-2H3,(H,13,14)/t8-/m1/s1. The molecule has 0 saturated heterocycles. The molecule has 0 aliphatic heterocycles. The fourth-order valence-electron chi connectivity index (χ4n) is 1.39. The van der Waals surface area contributed by atoms with Gasteiger partial charge in [-0.05, 0) is 25.0 Å². The van der Waals surface area contributed by atoms with E-state index in [1.165, 1.54) is 6.92 Å². The van der Waals surface area contributed by atoms with Gasteiger partial charge in [-0.25, -0.2) is 0 Å². The van der Waals surface area contributed by atoms with Gasteiger partial charge in [0, 0.05) is 18.0 Å². The number of hydrogen-bond donors (Lipinski definition) is 1. The van der Waals surface area contributed by atoms with Crippen LogP contribution in [-0.2, 0) is 11.2 Å². The summed E-state index contributed by atoms with van der Waals surface area (Å²) >= 11 is 5.99. The lowest BCUT2D eigenvalue weighted by Gasteiger charge is -2.13. The molecular weight excluding hydrogens is 198 g/mol. The molecule has 76 valence electrons. The summed E-state index contributed by atoms with van der Waals surface area (Å²) in [6, 6.07) is 7.79. The first-order chi connectivity index (χ1) is 6.59. The van der Waals surface area contributed by atoms with E-state index in [-0.39, 0.29) is 11.9 Å². The largest absolute Gasteiger partial charge is 0.354 e. The van der Waals surface area contributed by atoms with Crippen molar-refractivity contribution in [3.8, 4) is 0 Å². The van der Waals surface area contributed by atoms with E-state index >= 15 is 0 Å². The molecule has 1 N–H and O–H groups in total. The Balaban J connectivity index is 2.60. The van der Waals surface area contributed by atoms with Gasteiger partial charge in [0.1, 0.15) is 0 Å². The van der Waals surface area contributed by atoms with E-state index in [0.29, 0.717) is 0 Å². The van der Waals surface area contributed by atoms with Crippen molar-refractivity contribution in [3.63, 3.8) is 0 Å². The first-order valence-electron chi connectivity index (χ1n) is 4.60. The summed E-state index contributed by atoms with van der Waals surface area (Å²) in [6.45, 7) is 3.48. The van der Waals surface area contributed by atoms with Crippen molar-refractivity contribution in [3.05, 3.63) is 34.9 Å². The Hall–Kier alpha value is -1.02. The molecule has 1 aromatic carbocycles. The van der Waals surface area contributed by atoms with E-state index in [0.717, 1.165) is 17.0 Å². The van der Waals surface area contributed by atoms with Gasteiger partial charge in [0.25, 0.3) is 0 Å². The molecule has 14 heavy (non-hydrogen) atoms. The molecule has 1 amide bonds. The third kappa shape index (κ3) is 3.38. The first kappa shape index (κ1) is 11.1. The minimum Gasteiger partial charge on any atom is -0.354 e. The van der Waals surface area contributed by atoms with E-state index in [1.54, 1.807) is 0 Å². The third-order valence-electron chi connectivity index (χ3n) is 1.93. The SMILES string of the molecule is CC(=O)N[C@H](C)Cc1ccccc1Cl. The highest BCUT2D eigenvalue weighted by Gasteiger charge is 2.06. The van der Waals surface area contributed by atoms with Gasteiger partial charge in [-0.2, -0.15) is 0 Å². The Bertz CT molecular complexity index is 325. The van der Waals surface area contributed by atoms with Crippen LogP contribution in [0, 0.1) is 0 Å². The van der Waals surface area contributed by atoms with Crippen LogP contribution in [0.15, 0.2) is 24.3 Å². The molecule has 1 aromatic rings. The molecule has 1 atom stereocenters. The summed E-state index contributed by atoms with van der Waals surface area (Å²) in [6.07, 6.45) is 0.763. The lowest BCUT2D eigenvalue weighted by molar-refractivity contribution is -0.119. The van der Waals surface area contributed by atoms with Crippen molar-refractivity contribution in [2.45, 2.75) is 26.3 Å². The summed E-state index contributed by atoms with van der Waals surface area (Å²) in [5, 5.41) is 3.58. The van der Waals surface area contributed by atoms with Crippen LogP contribution < -0.4 is 5.32 Å². The van der Waals surface area contributed by atoms with E-state index < -0.39 is 0 Å². The Labute approximate surface area is 89.3 Å².